The maximum atomic E-state index is 6.10. The van der Waals surface area contributed by atoms with Gasteiger partial charge in [0.05, 0.1) is 0 Å². The molecule has 2 rings (SSSR count). The molecule has 0 unspecified atom stereocenters. The molecule has 0 atom stereocenters. The number of fused-ring (bicyclic) bond motifs is 1. The number of rotatable bonds is 3. The highest BCUT2D eigenvalue weighted by atomic mass is 28.4. The van der Waals surface area contributed by atoms with E-state index in [2.05, 4.69) is 43.9 Å². The Morgan fingerprint density at radius 3 is 2.53 bits per heavy atom. The third-order valence-corrected chi connectivity index (χ3v) is 3.39. The molecule has 2 nitrogen and oxygen atoms in total. The molecule has 3 heteroatoms. The fourth-order valence-corrected chi connectivity index (χ4v) is 2.69. The van der Waals surface area contributed by atoms with Crippen molar-refractivity contribution in [1.82, 2.24) is 0 Å². The first kappa shape index (κ1) is 12.1. The van der Waals surface area contributed by atoms with E-state index in [1.54, 1.807) is 0 Å². The zero-order valence-corrected chi connectivity index (χ0v) is 11.7. The minimum absolute atomic E-state index is 0.578. The summed E-state index contributed by atoms with van der Waals surface area (Å²) in [6.45, 7) is 7.16. The molecule has 0 aliphatic heterocycles. The molecule has 0 aliphatic carbocycles. The van der Waals surface area contributed by atoms with Gasteiger partial charge in [-0.3, -0.25) is 0 Å². The Balaban J connectivity index is 2.51. The molecule has 0 saturated heterocycles. The van der Waals surface area contributed by atoms with Crippen molar-refractivity contribution in [3.05, 3.63) is 42.0 Å². The minimum atomic E-state index is -1.56. The van der Waals surface area contributed by atoms with Gasteiger partial charge in [0.15, 0.2) is 0 Å². The van der Waals surface area contributed by atoms with Crippen molar-refractivity contribution in [1.29, 1.82) is 0 Å². The minimum Gasteiger partial charge on any atom is -0.544 e. The summed E-state index contributed by atoms with van der Waals surface area (Å²) < 4.78 is 6.10. The molecule has 2 N–H and O–H groups in total. The Bertz CT molecular complexity index is 531. The Labute approximate surface area is 104 Å². The Hall–Kier alpha value is -1.32. The zero-order valence-electron chi connectivity index (χ0n) is 10.7. The van der Waals surface area contributed by atoms with Crippen molar-refractivity contribution in [2.75, 3.05) is 0 Å². The topological polar surface area (TPSA) is 35.2 Å². The number of benzene rings is 2. The monoisotopic (exact) mass is 245 g/mol. The van der Waals surface area contributed by atoms with Gasteiger partial charge in [0.1, 0.15) is 5.75 Å². The van der Waals surface area contributed by atoms with Gasteiger partial charge in [-0.05, 0) is 42.7 Å². The molecular formula is C14H19NOSi. The Morgan fingerprint density at radius 2 is 1.88 bits per heavy atom. The normalized spacial score (nSPS) is 11.8. The lowest BCUT2D eigenvalue weighted by Crippen LogP contribution is -2.29. The maximum Gasteiger partial charge on any atom is 0.242 e. The van der Waals surface area contributed by atoms with Crippen molar-refractivity contribution < 1.29 is 4.43 Å². The lowest BCUT2D eigenvalue weighted by atomic mass is 10.1. The first-order valence-electron chi connectivity index (χ1n) is 5.90. The third-order valence-electron chi connectivity index (χ3n) is 2.56. The zero-order chi connectivity index (χ0) is 12.5. The summed E-state index contributed by atoms with van der Waals surface area (Å²) in [4.78, 5) is 0. The molecule has 0 fully saturated rings. The van der Waals surface area contributed by atoms with Gasteiger partial charge in [-0.25, -0.2) is 0 Å². The summed E-state index contributed by atoms with van der Waals surface area (Å²) in [5.41, 5.74) is 6.81. The van der Waals surface area contributed by atoms with Crippen molar-refractivity contribution >= 4 is 19.1 Å². The quantitative estimate of drug-likeness (QED) is 0.840. The van der Waals surface area contributed by atoms with E-state index in [9.17, 15) is 0 Å². The van der Waals surface area contributed by atoms with Gasteiger partial charge in [-0.1, -0.05) is 24.3 Å². The summed E-state index contributed by atoms with van der Waals surface area (Å²) in [5, 5.41) is 2.37. The molecule has 17 heavy (non-hydrogen) atoms. The fraction of sp³-hybridized carbons (Fsp3) is 0.286. The summed E-state index contributed by atoms with van der Waals surface area (Å²) >= 11 is 0. The van der Waals surface area contributed by atoms with Crippen LogP contribution in [0.25, 0.3) is 10.8 Å². The van der Waals surface area contributed by atoms with Crippen LogP contribution in [0.3, 0.4) is 0 Å². The molecule has 0 radical (unpaired) electrons. The van der Waals surface area contributed by atoms with Gasteiger partial charge in [-0.2, -0.15) is 0 Å². The molecular weight excluding hydrogens is 226 g/mol. The van der Waals surface area contributed by atoms with Crippen molar-refractivity contribution in [3.63, 3.8) is 0 Å². The third kappa shape index (κ3) is 2.87. The second-order valence-electron chi connectivity index (χ2n) is 5.23. The van der Waals surface area contributed by atoms with Crippen LogP contribution in [-0.4, -0.2) is 8.32 Å². The number of hydrogen-bond donors (Lipinski definition) is 1. The van der Waals surface area contributed by atoms with Gasteiger partial charge in [-0.15, -0.1) is 0 Å². The van der Waals surface area contributed by atoms with Crippen LogP contribution in [0.5, 0.6) is 5.75 Å². The average molecular weight is 245 g/mol. The maximum absolute atomic E-state index is 6.10. The van der Waals surface area contributed by atoms with E-state index in [1.165, 1.54) is 10.8 Å². The largest absolute Gasteiger partial charge is 0.544 e. The van der Waals surface area contributed by atoms with Crippen LogP contribution in [0.2, 0.25) is 19.6 Å². The summed E-state index contributed by atoms with van der Waals surface area (Å²) in [7, 11) is -1.56. The van der Waals surface area contributed by atoms with Gasteiger partial charge in [0.25, 0.3) is 0 Å². The molecule has 2 aromatic carbocycles. The smallest absolute Gasteiger partial charge is 0.242 e. The molecule has 90 valence electrons. The molecule has 2 aromatic rings. The molecule has 0 heterocycles. The highest BCUT2D eigenvalue weighted by Gasteiger charge is 2.17. The van der Waals surface area contributed by atoms with E-state index >= 15 is 0 Å². The average Bonchev–Trinajstić information content (AvgIpc) is 2.26. The second kappa shape index (κ2) is 4.51. The van der Waals surface area contributed by atoms with E-state index in [0.717, 1.165) is 11.3 Å². The highest BCUT2D eigenvalue weighted by molar-refractivity contribution is 6.70. The Kier molecular flexibility index (Phi) is 3.22. The van der Waals surface area contributed by atoms with Crippen LogP contribution in [-0.2, 0) is 6.54 Å². The molecule has 0 spiro atoms. The van der Waals surface area contributed by atoms with Crippen LogP contribution in [0.1, 0.15) is 5.56 Å². The molecule has 0 aromatic heterocycles. The first-order valence-corrected chi connectivity index (χ1v) is 9.31. The lowest BCUT2D eigenvalue weighted by molar-refractivity contribution is 0.564. The van der Waals surface area contributed by atoms with Gasteiger partial charge >= 0.3 is 0 Å². The van der Waals surface area contributed by atoms with Crippen molar-refractivity contribution in [2.24, 2.45) is 5.73 Å². The fourth-order valence-electron chi connectivity index (χ4n) is 1.85. The molecule has 0 bridgehead atoms. The van der Waals surface area contributed by atoms with E-state index < -0.39 is 8.32 Å². The van der Waals surface area contributed by atoms with Crippen LogP contribution in [0.4, 0.5) is 0 Å². The predicted octanol–water partition coefficient (Wildman–Crippen LogP) is 3.51. The van der Waals surface area contributed by atoms with E-state index in [0.29, 0.717) is 6.54 Å². The van der Waals surface area contributed by atoms with E-state index in [-0.39, 0.29) is 0 Å². The van der Waals surface area contributed by atoms with Gasteiger partial charge in [0, 0.05) is 11.9 Å². The van der Waals surface area contributed by atoms with E-state index in [1.807, 2.05) is 12.1 Å². The molecule has 0 aliphatic rings. The Morgan fingerprint density at radius 1 is 1.12 bits per heavy atom. The standard InChI is InChI=1S/C14H19NOSi/c1-17(2,3)16-14-6-4-5-12-9-11(10-15)7-8-13(12)14/h4-9H,10,15H2,1-3H3. The van der Waals surface area contributed by atoms with Crippen molar-refractivity contribution in [2.45, 2.75) is 26.2 Å². The van der Waals surface area contributed by atoms with E-state index in [4.69, 9.17) is 10.2 Å². The SMILES string of the molecule is C[Si](C)(C)Oc1cccc2cc(CN)ccc12. The second-order valence-corrected chi connectivity index (χ2v) is 9.66. The highest BCUT2D eigenvalue weighted by Crippen LogP contribution is 2.28. The summed E-state index contributed by atoms with van der Waals surface area (Å²) in [6.07, 6.45) is 0. The lowest BCUT2D eigenvalue weighted by Gasteiger charge is -2.20. The van der Waals surface area contributed by atoms with Gasteiger partial charge < -0.3 is 10.2 Å². The van der Waals surface area contributed by atoms with Crippen LogP contribution in [0, 0.1) is 0 Å². The predicted molar refractivity (Wildman–Crippen MR) is 75.8 cm³/mol. The number of hydrogen-bond acceptors (Lipinski definition) is 2. The summed E-state index contributed by atoms with van der Waals surface area (Å²) in [6, 6.07) is 12.5. The molecule has 0 saturated carbocycles. The number of nitrogens with two attached hydrogens (primary N) is 1. The van der Waals surface area contributed by atoms with Crippen LogP contribution < -0.4 is 10.2 Å². The van der Waals surface area contributed by atoms with Crippen LogP contribution in [0.15, 0.2) is 36.4 Å². The molecule has 0 amide bonds. The van der Waals surface area contributed by atoms with Gasteiger partial charge in [0.2, 0.25) is 8.32 Å². The summed E-state index contributed by atoms with van der Waals surface area (Å²) in [5.74, 6) is 0.991. The first-order chi connectivity index (χ1) is 7.99. The van der Waals surface area contributed by atoms with Crippen LogP contribution >= 0.6 is 0 Å². The van der Waals surface area contributed by atoms with Crippen molar-refractivity contribution in [3.8, 4) is 5.75 Å².